The van der Waals surface area contributed by atoms with Crippen LogP contribution >= 0.6 is 0 Å². The molecule has 0 radical (unpaired) electrons. The highest BCUT2D eigenvalue weighted by Crippen LogP contribution is 2.42. The molecule has 0 saturated heterocycles. The van der Waals surface area contributed by atoms with Crippen molar-refractivity contribution in [1.29, 1.82) is 0 Å². The zero-order valence-electron chi connectivity index (χ0n) is 14.5. The number of hydrogen-bond donors (Lipinski definition) is 3. The molecule has 2 aliphatic carbocycles. The number of Topliss-reactive ketones (excluding diaryl/α,β-unsaturated/α-hetero) is 2. The van der Waals surface area contributed by atoms with E-state index in [4.69, 9.17) is 0 Å². The summed E-state index contributed by atoms with van der Waals surface area (Å²) in [6, 6.07) is 1.02. The number of benzene rings is 1. The van der Waals surface area contributed by atoms with Gasteiger partial charge in [0.15, 0.2) is 11.6 Å². The third-order valence-corrected chi connectivity index (χ3v) is 5.70. The zero-order valence-corrected chi connectivity index (χ0v) is 14.5. The van der Waals surface area contributed by atoms with Gasteiger partial charge in [-0.1, -0.05) is 38.5 Å². The Morgan fingerprint density at radius 1 is 0.680 bits per heavy atom. The van der Waals surface area contributed by atoms with Crippen molar-refractivity contribution in [2.24, 2.45) is 11.8 Å². The van der Waals surface area contributed by atoms with Crippen LogP contribution in [0.1, 0.15) is 84.9 Å². The van der Waals surface area contributed by atoms with Gasteiger partial charge < -0.3 is 15.3 Å². The first kappa shape index (κ1) is 17.8. The highest BCUT2D eigenvalue weighted by Gasteiger charge is 2.33. The van der Waals surface area contributed by atoms with Crippen molar-refractivity contribution in [3.63, 3.8) is 0 Å². The Morgan fingerprint density at radius 3 is 1.40 bits per heavy atom. The molecule has 136 valence electrons. The Hall–Kier alpha value is -2.04. The Kier molecular flexibility index (Phi) is 5.30. The molecule has 0 spiro atoms. The first-order valence-electron chi connectivity index (χ1n) is 9.37. The summed E-state index contributed by atoms with van der Waals surface area (Å²) >= 11 is 0. The molecule has 0 unspecified atom stereocenters. The second kappa shape index (κ2) is 7.46. The lowest BCUT2D eigenvalue weighted by Gasteiger charge is -2.24. The fraction of sp³-hybridized carbons (Fsp3) is 0.600. The van der Waals surface area contributed by atoms with Crippen molar-refractivity contribution in [3.8, 4) is 17.2 Å². The maximum Gasteiger partial charge on any atom is 0.173 e. The topological polar surface area (TPSA) is 94.8 Å². The molecule has 0 aromatic heterocycles. The molecule has 2 saturated carbocycles. The molecule has 5 heteroatoms. The molecule has 1 aromatic carbocycles. The molecule has 25 heavy (non-hydrogen) atoms. The number of phenolic OH excluding ortho intramolecular Hbond substituents is 3. The molecule has 1 aromatic rings. The number of carbonyl (C=O) groups excluding carboxylic acids is 2. The van der Waals surface area contributed by atoms with Gasteiger partial charge in [-0.05, 0) is 25.7 Å². The lowest BCUT2D eigenvalue weighted by atomic mass is 9.80. The van der Waals surface area contributed by atoms with Crippen LogP contribution in [0.25, 0.3) is 0 Å². The molecule has 2 aliphatic rings. The van der Waals surface area contributed by atoms with Gasteiger partial charge in [0.2, 0.25) is 0 Å². The summed E-state index contributed by atoms with van der Waals surface area (Å²) in [5.74, 6) is -2.60. The molecule has 0 heterocycles. The van der Waals surface area contributed by atoms with Crippen molar-refractivity contribution >= 4 is 11.6 Å². The fourth-order valence-corrected chi connectivity index (χ4v) is 4.27. The van der Waals surface area contributed by atoms with Crippen LogP contribution in [0.4, 0.5) is 0 Å². The van der Waals surface area contributed by atoms with Gasteiger partial charge >= 0.3 is 0 Å². The molecule has 0 atom stereocenters. The van der Waals surface area contributed by atoms with Crippen LogP contribution in [0, 0.1) is 11.8 Å². The molecule has 0 aliphatic heterocycles. The molecule has 0 bridgehead atoms. The first-order valence-corrected chi connectivity index (χ1v) is 9.37. The number of ketones is 2. The van der Waals surface area contributed by atoms with E-state index < -0.39 is 17.2 Å². The summed E-state index contributed by atoms with van der Waals surface area (Å²) in [4.78, 5) is 25.6. The highest BCUT2D eigenvalue weighted by atomic mass is 16.3. The molecule has 3 N–H and O–H groups in total. The summed E-state index contributed by atoms with van der Waals surface area (Å²) in [7, 11) is 0. The third-order valence-electron chi connectivity index (χ3n) is 5.70. The predicted molar refractivity (Wildman–Crippen MR) is 93.2 cm³/mol. The fourth-order valence-electron chi connectivity index (χ4n) is 4.27. The van der Waals surface area contributed by atoms with Crippen molar-refractivity contribution in [2.75, 3.05) is 0 Å². The molecule has 0 amide bonds. The maximum atomic E-state index is 12.8. The van der Waals surface area contributed by atoms with Crippen molar-refractivity contribution in [2.45, 2.75) is 64.2 Å². The van der Waals surface area contributed by atoms with Gasteiger partial charge in [-0.15, -0.1) is 0 Å². The van der Waals surface area contributed by atoms with E-state index >= 15 is 0 Å². The van der Waals surface area contributed by atoms with E-state index in [9.17, 15) is 24.9 Å². The Morgan fingerprint density at radius 2 is 1.04 bits per heavy atom. The monoisotopic (exact) mass is 346 g/mol. The van der Waals surface area contributed by atoms with Gasteiger partial charge in [-0.3, -0.25) is 9.59 Å². The third kappa shape index (κ3) is 3.51. The van der Waals surface area contributed by atoms with Gasteiger partial charge in [-0.2, -0.15) is 0 Å². The standard InChI is InChI=1S/C20H26O5/c21-14-11-15(22)17(19(24)13-9-5-2-6-10-13)20(25)16(14)18(23)12-7-3-1-4-8-12/h11-13,21-22,25H,1-10H2. The van der Waals surface area contributed by atoms with E-state index in [1.54, 1.807) is 0 Å². The number of aromatic hydroxyl groups is 3. The van der Waals surface area contributed by atoms with Crippen molar-refractivity contribution in [3.05, 3.63) is 17.2 Å². The predicted octanol–water partition coefficient (Wildman–Crippen LogP) is 4.33. The molecular formula is C20H26O5. The summed E-state index contributed by atoms with van der Waals surface area (Å²) in [6.07, 6.45) is 8.87. The minimum Gasteiger partial charge on any atom is -0.507 e. The van der Waals surface area contributed by atoms with E-state index in [1.807, 2.05) is 0 Å². The Labute approximate surface area is 147 Å². The second-order valence-electron chi connectivity index (χ2n) is 7.41. The van der Waals surface area contributed by atoms with Gasteiger partial charge in [0.05, 0.1) is 0 Å². The summed E-state index contributed by atoms with van der Waals surface area (Å²) in [6.45, 7) is 0. The zero-order chi connectivity index (χ0) is 18.0. The highest BCUT2D eigenvalue weighted by molar-refractivity contribution is 6.10. The number of rotatable bonds is 4. The first-order chi connectivity index (χ1) is 12.0. The van der Waals surface area contributed by atoms with Crippen LogP contribution in [0.15, 0.2) is 6.07 Å². The number of phenols is 3. The van der Waals surface area contributed by atoms with Crippen molar-refractivity contribution < 1.29 is 24.9 Å². The minimum absolute atomic E-state index is 0.205. The van der Waals surface area contributed by atoms with Crippen LogP contribution in [0.5, 0.6) is 17.2 Å². The van der Waals surface area contributed by atoms with E-state index in [1.165, 1.54) is 0 Å². The van der Waals surface area contributed by atoms with Crippen LogP contribution in [0.2, 0.25) is 0 Å². The smallest absolute Gasteiger partial charge is 0.173 e. The SMILES string of the molecule is O=C(c1c(O)cc(O)c(C(=O)C2CCCCC2)c1O)C1CCCCC1. The average molecular weight is 346 g/mol. The Balaban J connectivity index is 1.96. The normalized spacial score (nSPS) is 19.7. The largest absolute Gasteiger partial charge is 0.507 e. The lowest BCUT2D eigenvalue weighted by molar-refractivity contribution is 0.0879. The summed E-state index contributed by atoms with van der Waals surface area (Å²) in [5, 5.41) is 30.9. The Bertz CT molecular complexity index is 613. The summed E-state index contributed by atoms with van der Waals surface area (Å²) < 4.78 is 0. The van der Waals surface area contributed by atoms with E-state index in [0.29, 0.717) is 0 Å². The number of carbonyl (C=O) groups is 2. The number of hydrogen-bond acceptors (Lipinski definition) is 5. The van der Waals surface area contributed by atoms with E-state index in [2.05, 4.69) is 0 Å². The summed E-state index contributed by atoms with van der Waals surface area (Å²) in [5.41, 5.74) is -0.410. The van der Waals surface area contributed by atoms with Crippen LogP contribution in [0.3, 0.4) is 0 Å². The van der Waals surface area contributed by atoms with E-state index in [-0.39, 0.29) is 34.5 Å². The van der Waals surface area contributed by atoms with Gasteiger partial charge in [0.25, 0.3) is 0 Å². The molecule has 5 nitrogen and oxygen atoms in total. The van der Waals surface area contributed by atoms with Crippen LogP contribution in [-0.4, -0.2) is 26.9 Å². The van der Waals surface area contributed by atoms with E-state index in [0.717, 1.165) is 70.3 Å². The quantitative estimate of drug-likeness (QED) is 0.705. The molecule has 2 fully saturated rings. The lowest BCUT2D eigenvalue weighted by Crippen LogP contribution is -2.21. The van der Waals surface area contributed by atoms with Crippen LogP contribution in [-0.2, 0) is 0 Å². The van der Waals surface area contributed by atoms with Gasteiger partial charge in [-0.25, -0.2) is 0 Å². The maximum absolute atomic E-state index is 12.8. The van der Waals surface area contributed by atoms with Gasteiger partial charge in [0.1, 0.15) is 28.4 Å². The molecular weight excluding hydrogens is 320 g/mol. The molecule has 3 rings (SSSR count). The minimum atomic E-state index is -0.552. The van der Waals surface area contributed by atoms with Gasteiger partial charge in [0, 0.05) is 17.9 Å². The van der Waals surface area contributed by atoms with Crippen LogP contribution < -0.4 is 0 Å². The second-order valence-corrected chi connectivity index (χ2v) is 7.41. The van der Waals surface area contributed by atoms with Crippen molar-refractivity contribution in [1.82, 2.24) is 0 Å². The average Bonchev–Trinajstić information content (AvgIpc) is 2.62.